The van der Waals surface area contributed by atoms with Crippen LogP contribution in [0.1, 0.15) is 21.9 Å². The molecule has 34 heavy (non-hydrogen) atoms. The summed E-state index contributed by atoms with van der Waals surface area (Å²) < 4.78 is 62.7. The number of hydrogen-bond acceptors (Lipinski definition) is 6. The van der Waals surface area contributed by atoms with Crippen LogP contribution in [0, 0.1) is 5.82 Å². The zero-order valence-electron chi connectivity index (χ0n) is 17.6. The van der Waals surface area contributed by atoms with Gasteiger partial charge >= 0.3 is 12.3 Å². The van der Waals surface area contributed by atoms with Gasteiger partial charge in [-0.15, -0.1) is 0 Å². The number of amides is 1. The summed E-state index contributed by atoms with van der Waals surface area (Å²) in [6.45, 7) is 0.167. The Bertz CT molecular complexity index is 1180. The molecule has 0 spiro atoms. The van der Waals surface area contributed by atoms with Crippen LogP contribution in [0.3, 0.4) is 0 Å². The Balaban J connectivity index is 1.85. The smallest absolute Gasteiger partial charge is 0.433 e. The van der Waals surface area contributed by atoms with Crippen LogP contribution in [-0.4, -0.2) is 52.0 Å². The zero-order valence-corrected chi connectivity index (χ0v) is 17.6. The quantitative estimate of drug-likeness (QED) is 0.373. The lowest BCUT2D eigenvalue weighted by Crippen LogP contribution is -2.27. The van der Waals surface area contributed by atoms with Gasteiger partial charge in [-0.3, -0.25) is 9.78 Å². The molecule has 0 fully saturated rings. The highest BCUT2D eigenvalue weighted by Gasteiger charge is 2.32. The highest BCUT2D eigenvalue weighted by atomic mass is 19.4. The van der Waals surface area contributed by atoms with Crippen LogP contribution >= 0.6 is 0 Å². The number of carbonyl (C=O) groups is 2. The third kappa shape index (κ3) is 6.07. The predicted molar refractivity (Wildman–Crippen MR) is 109 cm³/mol. The predicted octanol–water partition coefficient (Wildman–Crippen LogP) is 3.58. The SMILES string of the molecule is COCCOc1cc(-c2ccc(C(F)(F)F)nc2)cc(CNC(=O)c2cc(F)cn2C(=O)O)n1. The fourth-order valence-corrected chi connectivity index (χ4v) is 2.88. The first-order valence-electron chi connectivity index (χ1n) is 9.64. The molecule has 9 nitrogen and oxygen atoms in total. The number of hydrogen-bond donors (Lipinski definition) is 2. The maximum atomic E-state index is 13.4. The molecule has 0 bridgehead atoms. The van der Waals surface area contributed by atoms with Crippen LogP contribution in [0.2, 0.25) is 0 Å². The standard InChI is InChI=1S/C21H18F4N4O5/c1-33-4-5-34-18-7-13(12-2-3-17(26-9-12)21(23,24)25)6-15(28-18)10-27-19(30)16-8-14(22)11-29(16)20(31)32/h2-3,6-9,11H,4-5,10H2,1H3,(H,27,30)(H,31,32). The first-order valence-corrected chi connectivity index (χ1v) is 9.64. The lowest BCUT2D eigenvalue weighted by molar-refractivity contribution is -0.141. The number of ether oxygens (including phenoxy) is 2. The van der Waals surface area contributed by atoms with E-state index in [1.807, 2.05) is 0 Å². The largest absolute Gasteiger partial charge is 0.475 e. The molecule has 0 atom stereocenters. The minimum Gasteiger partial charge on any atom is -0.475 e. The Labute approximate surface area is 190 Å². The van der Waals surface area contributed by atoms with Crippen molar-refractivity contribution in [2.24, 2.45) is 0 Å². The van der Waals surface area contributed by atoms with Gasteiger partial charge in [0.25, 0.3) is 5.91 Å². The number of methoxy groups -OCH3 is 1. The summed E-state index contributed by atoms with van der Waals surface area (Å²) in [4.78, 5) is 31.2. The average molecular weight is 482 g/mol. The van der Waals surface area contributed by atoms with E-state index in [0.29, 0.717) is 21.9 Å². The monoisotopic (exact) mass is 482 g/mol. The molecule has 0 aliphatic rings. The van der Waals surface area contributed by atoms with Crippen LogP contribution in [0.25, 0.3) is 11.1 Å². The second-order valence-electron chi connectivity index (χ2n) is 6.84. The van der Waals surface area contributed by atoms with Crippen molar-refractivity contribution in [3.05, 3.63) is 65.6 Å². The fourth-order valence-electron chi connectivity index (χ4n) is 2.88. The van der Waals surface area contributed by atoms with E-state index in [1.54, 1.807) is 0 Å². The minimum absolute atomic E-state index is 0.110. The number of aromatic nitrogens is 3. The summed E-state index contributed by atoms with van der Waals surface area (Å²) in [5.41, 5.74) is -0.506. The van der Waals surface area contributed by atoms with Gasteiger partial charge in [0.05, 0.1) is 25.0 Å². The van der Waals surface area contributed by atoms with Gasteiger partial charge in [0.1, 0.15) is 23.8 Å². The van der Waals surface area contributed by atoms with Gasteiger partial charge in [-0.2, -0.15) is 13.2 Å². The van der Waals surface area contributed by atoms with Gasteiger partial charge < -0.3 is 19.9 Å². The van der Waals surface area contributed by atoms with Crippen LogP contribution < -0.4 is 10.1 Å². The van der Waals surface area contributed by atoms with Gasteiger partial charge in [0.2, 0.25) is 5.88 Å². The molecule has 2 N–H and O–H groups in total. The van der Waals surface area contributed by atoms with Crippen LogP contribution in [0.15, 0.2) is 42.7 Å². The molecule has 3 heterocycles. The Morgan fingerprint density at radius 2 is 1.91 bits per heavy atom. The molecule has 1 amide bonds. The number of halogens is 4. The van der Waals surface area contributed by atoms with E-state index >= 15 is 0 Å². The maximum absolute atomic E-state index is 13.4. The molecule has 3 aromatic rings. The molecular formula is C21H18F4N4O5. The summed E-state index contributed by atoms with van der Waals surface area (Å²) in [5.74, 6) is -1.67. The Kier molecular flexibility index (Phi) is 7.46. The summed E-state index contributed by atoms with van der Waals surface area (Å²) in [5, 5.41) is 11.5. The molecule has 3 aromatic heterocycles. The highest BCUT2D eigenvalue weighted by Crippen LogP contribution is 2.30. The molecule has 0 saturated carbocycles. The summed E-state index contributed by atoms with van der Waals surface area (Å²) >= 11 is 0. The molecular weight excluding hydrogens is 464 g/mol. The molecule has 3 rings (SSSR count). The van der Waals surface area contributed by atoms with Gasteiger partial charge in [-0.05, 0) is 17.7 Å². The first-order chi connectivity index (χ1) is 16.1. The second-order valence-corrected chi connectivity index (χ2v) is 6.84. The van der Waals surface area contributed by atoms with Crippen molar-refractivity contribution >= 4 is 12.0 Å². The maximum Gasteiger partial charge on any atom is 0.433 e. The molecule has 0 aliphatic heterocycles. The molecule has 13 heteroatoms. The van der Waals surface area contributed by atoms with Gasteiger partial charge in [-0.25, -0.2) is 18.7 Å². The average Bonchev–Trinajstić information content (AvgIpc) is 3.19. The van der Waals surface area contributed by atoms with Crippen LogP contribution in [0.4, 0.5) is 22.4 Å². The summed E-state index contributed by atoms with van der Waals surface area (Å²) in [6.07, 6.45) is -4.44. The number of carboxylic acid groups (broad SMARTS) is 1. The minimum atomic E-state index is -4.59. The number of nitrogens with one attached hydrogen (secondary N) is 1. The normalized spacial score (nSPS) is 11.3. The molecule has 180 valence electrons. The third-order valence-corrected chi connectivity index (χ3v) is 4.43. The van der Waals surface area contributed by atoms with E-state index in [2.05, 4.69) is 15.3 Å². The summed E-state index contributed by atoms with van der Waals surface area (Å²) in [6, 6.07) is 5.80. The fraction of sp³-hybridized carbons (Fsp3) is 0.238. The Hall–Kier alpha value is -4.00. The molecule has 0 aliphatic carbocycles. The van der Waals surface area contributed by atoms with E-state index in [1.165, 1.54) is 25.3 Å². The topological polar surface area (TPSA) is 116 Å². The third-order valence-electron chi connectivity index (χ3n) is 4.43. The van der Waals surface area contributed by atoms with Crippen LogP contribution in [-0.2, 0) is 17.5 Å². The molecule has 0 unspecified atom stereocenters. The highest BCUT2D eigenvalue weighted by molar-refractivity contribution is 5.95. The van der Waals surface area contributed by atoms with Crippen molar-refractivity contribution in [1.29, 1.82) is 0 Å². The van der Waals surface area contributed by atoms with E-state index in [-0.39, 0.29) is 31.3 Å². The molecule has 0 saturated heterocycles. The van der Waals surface area contributed by atoms with Crippen molar-refractivity contribution in [3.63, 3.8) is 0 Å². The van der Waals surface area contributed by atoms with E-state index < -0.39 is 35.4 Å². The Morgan fingerprint density at radius 3 is 2.53 bits per heavy atom. The lowest BCUT2D eigenvalue weighted by atomic mass is 10.1. The number of rotatable bonds is 8. The van der Waals surface area contributed by atoms with Crippen LogP contribution in [0.5, 0.6) is 5.88 Å². The Morgan fingerprint density at radius 1 is 1.15 bits per heavy atom. The number of nitrogens with zero attached hydrogens (tertiary/aromatic N) is 3. The second kappa shape index (κ2) is 10.3. The van der Waals surface area contributed by atoms with Gasteiger partial charge in [0, 0.05) is 31.0 Å². The van der Waals surface area contributed by atoms with Crippen molar-refractivity contribution in [2.75, 3.05) is 20.3 Å². The van der Waals surface area contributed by atoms with Crippen molar-refractivity contribution in [2.45, 2.75) is 12.7 Å². The zero-order chi connectivity index (χ0) is 24.9. The molecule has 0 radical (unpaired) electrons. The first kappa shape index (κ1) is 24.6. The van der Waals surface area contributed by atoms with Crippen molar-refractivity contribution < 1.29 is 41.7 Å². The van der Waals surface area contributed by atoms with E-state index in [0.717, 1.165) is 18.3 Å². The van der Waals surface area contributed by atoms with Crippen molar-refractivity contribution in [1.82, 2.24) is 19.9 Å². The number of carbonyl (C=O) groups excluding carboxylic acids is 1. The van der Waals surface area contributed by atoms with Gasteiger partial charge in [0.15, 0.2) is 0 Å². The lowest BCUT2D eigenvalue weighted by Gasteiger charge is -2.12. The summed E-state index contributed by atoms with van der Waals surface area (Å²) in [7, 11) is 1.47. The van der Waals surface area contributed by atoms with Crippen molar-refractivity contribution in [3.8, 4) is 17.0 Å². The van der Waals surface area contributed by atoms with E-state index in [9.17, 15) is 27.2 Å². The molecule has 0 aromatic carbocycles. The van der Waals surface area contributed by atoms with E-state index in [4.69, 9.17) is 14.6 Å². The number of pyridine rings is 2. The number of alkyl halides is 3. The van der Waals surface area contributed by atoms with Gasteiger partial charge in [-0.1, -0.05) is 6.07 Å².